The Morgan fingerprint density at radius 2 is 2.16 bits per heavy atom. The monoisotopic (exact) mass is 262 g/mol. The first-order valence-corrected chi connectivity index (χ1v) is 7.01. The molecule has 4 atom stereocenters. The molecule has 1 aliphatic carbocycles. The van der Waals surface area contributed by atoms with Crippen molar-refractivity contribution in [3.63, 3.8) is 0 Å². The average molecular weight is 262 g/mol. The lowest BCUT2D eigenvalue weighted by Crippen LogP contribution is -2.45. The molecule has 0 N–H and O–H groups in total. The second kappa shape index (κ2) is 3.60. The highest BCUT2D eigenvalue weighted by molar-refractivity contribution is 5.90. The van der Waals surface area contributed by atoms with Crippen LogP contribution in [0.3, 0.4) is 0 Å². The number of aliphatic carboxylic acids is 1. The van der Waals surface area contributed by atoms with Crippen LogP contribution in [0.1, 0.15) is 25.7 Å². The van der Waals surface area contributed by atoms with Gasteiger partial charge in [0.2, 0.25) is 5.91 Å². The van der Waals surface area contributed by atoms with E-state index in [9.17, 15) is 14.7 Å². The van der Waals surface area contributed by atoms with Crippen LogP contribution in [-0.2, 0) is 14.3 Å². The second-order valence-corrected chi connectivity index (χ2v) is 6.12. The van der Waals surface area contributed by atoms with Crippen molar-refractivity contribution < 1.29 is 19.4 Å². The Hall–Kier alpha value is -1.36. The molecule has 102 valence electrons. The number of carboxylic acid groups (broad SMARTS) is 1. The van der Waals surface area contributed by atoms with Gasteiger partial charge < -0.3 is 19.5 Å². The summed E-state index contributed by atoms with van der Waals surface area (Å²) in [5.74, 6) is -2.60. The van der Waals surface area contributed by atoms with Crippen LogP contribution in [0.15, 0.2) is 12.2 Å². The molecule has 0 unspecified atom stereocenters. The summed E-state index contributed by atoms with van der Waals surface area (Å²) in [7, 11) is 0. The molecule has 3 aliphatic heterocycles. The number of hydrogen-bond donors (Lipinski definition) is 0. The first-order chi connectivity index (χ1) is 9.12. The van der Waals surface area contributed by atoms with Crippen LogP contribution in [0.4, 0.5) is 0 Å². The number of hydrogen-bond acceptors (Lipinski definition) is 4. The second-order valence-electron chi connectivity index (χ2n) is 6.12. The van der Waals surface area contributed by atoms with Crippen LogP contribution in [-0.4, -0.2) is 41.1 Å². The van der Waals surface area contributed by atoms with E-state index in [1.165, 1.54) is 0 Å². The van der Waals surface area contributed by atoms with Gasteiger partial charge >= 0.3 is 0 Å². The van der Waals surface area contributed by atoms with Gasteiger partial charge in [-0.1, -0.05) is 25.0 Å². The predicted octanol–water partition coefficient (Wildman–Crippen LogP) is -0.539. The smallest absolute Gasteiger partial charge is 0.230 e. The van der Waals surface area contributed by atoms with Crippen LogP contribution >= 0.6 is 0 Å². The van der Waals surface area contributed by atoms with Crippen molar-refractivity contribution in [2.45, 2.75) is 43.4 Å². The van der Waals surface area contributed by atoms with E-state index in [1.807, 2.05) is 11.0 Å². The van der Waals surface area contributed by atoms with Gasteiger partial charge in [0.1, 0.15) is 5.60 Å². The fourth-order valence-electron chi connectivity index (χ4n) is 4.32. The number of amides is 1. The number of carbonyl (C=O) groups excluding carboxylic acids is 2. The molecule has 4 aliphatic rings. The van der Waals surface area contributed by atoms with Gasteiger partial charge in [0.05, 0.1) is 18.6 Å². The Morgan fingerprint density at radius 1 is 1.42 bits per heavy atom. The Labute approximate surface area is 111 Å². The van der Waals surface area contributed by atoms with Crippen molar-refractivity contribution in [3.8, 4) is 0 Å². The highest BCUT2D eigenvalue weighted by Gasteiger charge is 2.65. The van der Waals surface area contributed by atoms with Crippen molar-refractivity contribution >= 4 is 11.9 Å². The summed E-state index contributed by atoms with van der Waals surface area (Å²) in [5.41, 5.74) is -0.699. The van der Waals surface area contributed by atoms with Crippen LogP contribution in [0.25, 0.3) is 0 Å². The lowest BCUT2D eigenvalue weighted by Gasteiger charge is -2.27. The molecule has 3 heterocycles. The number of nitrogens with zero attached hydrogens (tertiary/aromatic N) is 1. The number of carboxylic acids is 1. The summed E-state index contributed by atoms with van der Waals surface area (Å²) in [5, 5.41) is 11.3. The number of fused-ring (bicyclic) bond motifs is 1. The summed E-state index contributed by atoms with van der Waals surface area (Å²) in [6.45, 7) is 0.512. The lowest BCUT2D eigenvalue weighted by molar-refractivity contribution is -0.313. The Bertz CT molecular complexity index is 482. The first kappa shape index (κ1) is 11.5. The number of carbonyl (C=O) groups is 2. The summed E-state index contributed by atoms with van der Waals surface area (Å²) in [6, 6.07) is 0.269. The molecule has 0 aromatic rings. The molecule has 2 bridgehead atoms. The largest absolute Gasteiger partial charge is 0.550 e. The molecule has 5 nitrogen and oxygen atoms in total. The predicted molar refractivity (Wildman–Crippen MR) is 62.7 cm³/mol. The van der Waals surface area contributed by atoms with Gasteiger partial charge in [-0.2, -0.15) is 0 Å². The molecule has 4 rings (SSSR count). The maximum absolute atomic E-state index is 12.6. The quantitative estimate of drug-likeness (QED) is 0.627. The maximum Gasteiger partial charge on any atom is 0.230 e. The normalized spacial score (nSPS) is 44.3. The zero-order valence-electron chi connectivity index (χ0n) is 10.6. The van der Waals surface area contributed by atoms with Gasteiger partial charge in [-0.25, -0.2) is 0 Å². The van der Waals surface area contributed by atoms with E-state index in [4.69, 9.17) is 4.74 Å². The van der Waals surface area contributed by atoms with Gasteiger partial charge in [-0.3, -0.25) is 4.79 Å². The number of rotatable bonds is 2. The minimum Gasteiger partial charge on any atom is -0.550 e. The molecule has 1 amide bonds. The SMILES string of the molecule is O=C([O-])[C@H]1[C@H]2C=C[C@@]3(CN(C4CCCC4)C(=O)[C@@H]13)O2. The topological polar surface area (TPSA) is 69.7 Å². The molecule has 0 aromatic heterocycles. The van der Waals surface area contributed by atoms with Gasteiger partial charge in [0.25, 0.3) is 0 Å². The van der Waals surface area contributed by atoms with E-state index in [0.29, 0.717) is 6.54 Å². The third kappa shape index (κ3) is 1.34. The van der Waals surface area contributed by atoms with Gasteiger partial charge in [-0.05, 0) is 12.8 Å². The molecule has 5 heteroatoms. The molecule has 3 fully saturated rings. The molecule has 1 saturated carbocycles. The standard InChI is InChI=1S/C14H17NO4/c16-12-11-10(13(17)18)9-5-6-14(11,19-9)7-15(12)8-3-1-2-4-8/h5-6,8-11H,1-4,7H2,(H,17,18)/p-1/t9-,10+,11-,14+/m1/s1. The van der Waals surface area contributed by atoms with E-state index in [2.05, 4.69) is 0 Å². The third-order valence-corrected chi connectivity index (χ3v) is 5.17. The van der Waals surface area contributed by atoms with Crippen molar-refractivity contribution in [2.75, 3.05) is 6.54 Å². The van der Waals surface area contributed by atoms with E-state index < -0.39 is 29.5 Å². The minimum absolute atomic E-state index is 0.0482. The van der Waals surface area contributed by atoms with Crippen molar-refractivity contribution in [3.05, 3.63) is 12.2 Å². The summed E-state index contributed by atoms with van der Waals surface area (Å²) >= 11 is 0. The lowest BCUT2D eigenvalue weighted by atomic mass is 9.77. The average Bonchev–Trinajstić information content (AvgIpc) is 3.09. The van der Waals surface area contributed by atoms with Crippen LogP contribution in [0, 0.1) is 11.8 Å². The first-order valence-electron chi connectivity index (χ1n) is 7.01. The summed E-state index contributed by atoms with van der Waals surface area (Å²) in [6.07, 6.45) is 7.54. The van der Waals surface area contributed by atoms with Gasteiger partial charge in [0.15, 0.2) is 0 Å². The highest BCUT2D eigenvalue weighted by atomic mass is 16.5. The summed E-state index contributed by atoms with van der Waals surface area (Å²) < 4.78 is 5.82. The Morgan fingerprint density at radius 3 is 2.84 bits per heavy atom. The van der Waals surface area contributed by atoms with Crippen LogP contribution in [0.5, 0.6) is 0 Å². The van der Waals surface area contributed by atoms with E-state index >= 15 is 0 Å². The molecular formula is C14H16NO4-. The highest BCUT2D eigenvalue weighted by Crippen LogP contribution is 2.52. The molecule has 0 radical (unpaired) electrons. The Kier molecular flexibility index (Phi) is 2.17. The zero-order chi connectivity index (χ0) is 13.2. The van der Waals surface area contributed by atoms with Crippen LogP contribution in [0.2, 0.25) is 0 Å². The molecule has 0 aromatic carbocycles. The van der Waals surface area contributed by atoms with Crippen molar-refractivity contribution in [2.24, 2.45) is 11.8 Å². The summed E-state index contributed by atoms with van der Waals surface area (Å²) in [4.78, 5) is 25.8. The molecule has 1 spiro atoms. The van der Waals surface area contributed by atoms with Gasteiger partial charge in [-0.15, -0.1) is 0 Å². The minimum atomic E-state index is -1.16. The fraction of sp³-hybridized carbons (Fsp3) is 0.714. The fourth-order valence-corrected chi connectivity index (χ4v) is 4.32. The molecular weight excluding hydrogens is 246 g/mol. The zero-order valence-corrected chi connectivity index (χ0v) is 10.6. The van der Waals surface area contributed by atoms with E-state index in [-0.39, 0.29) is 11.9 Å². The van der Waals surface area contributed by atoms with E-state index in [1.54, 1.807) is 6.08 Å². The van der Waals surface area contributed by atoms with Crippen LogP contribution < -0.4 is 5.11 Å². The maximum atomic E-state index is 12.6. The van der Waals surface area contributed by atoms with Crippen molar-refractivity contribution in [1.82, 2.24) is 4.90 Å². The number of ether oxygens (including phenoxy) is 1. The Balaban J connectivity index is 1.69. The molecule has 2 saturated heterocycles. The number of likely N-dealkylation sites (tertiary alicyclic amines) is 1. The molecule has 19 heavy (non-hydrogen) atoms. The van der Waals surface area contributed by atoms with E-state index in [0.717, 1.165) is 25.7 Å². The van der Waals surface area contributed by atoms with Gasteiger partial charge in [0, 0.05) is 17.9 Å². The third-order valence-electron chi connectivity index (χ3n) is 5.17. The van der Waals surface area contributed by atoms with Crippen molar-refractivity contribution in [1.29, 1.82) is 0 Å².